The predicted molar refractivity (Wildman–Crippen MR) is 82.1 cm³/mol. The van der Waals surface area contributed by atoms with E-state index in [0.29, 0.717) is 5.92 Å². The second-order valence-corrected chi connectivity index (χ2v) is 5.89. The number of hydrogen-bond acceptors (Lipinski definition) is 2. The van der Waals surface area contributed by atoms with Crippen molar-refractivity contribution in [1.82, 2.24) is 10.2 Å². The van der Waals surface area contributed by atoms with Crippen molar-refractivity contribution in [1.29, 1.82) is 0 Å². The molecule has 0 unspecified atom stereocenters. The Balaban J connectivity index is 1.68. The summed E-state index contributed by atoms with van der Waals surface area (Å²) in [6.07, 6.45) is 3.96. The molecule has 2 amide bonds. The van der Waals surface area contributed by atoms with E-state index in [1.807, 2.05) is 25.1 Å². The minimum atomic E-state index is -0.266. The van der Waals surface area contributed by atoms with E-state index in [-0.39, 0.29) is 6.03 Å². The molecule has 3 rings (SSSR count). The number of hydrogen-bond donors (Lipinski definition) is 3. The number of aromatic amines is 1. The van der Waals surface area contributed by atoms with Crippen LogP contribution in [0, 0.1) is 6.92 Å². The van der Waals surface area contributed by atoms with Gasteiger partial charge in [0.2, 0.25) is 0 Å². The van der Waals surface area contributed by atoms with Gasteiger partial charge in [-0.2, -0.15) is 5.10 Å². The van der Waals surface area contributed by atoms with Crippen molar-refractivity contribution in [2.75, 3.05) is 10.6 Å². The zero-order valence-corrected chi connectivity index (χ0v) is 12.6. The van der Waals surface area contributed by atoms with Gasteiger partial charge in [0.15, 0.2) is 0 Å². The molecule has 104 valence electrons. The minimum absolute atomic E-state index is 0.266. The van der Waals surface area contributed by atoms with E-state index in [1.165, 1.54) is 0 Å². The lowest BCUT2D eigenvalue weighted by molar-refractivity contribution is 0.262. The Morgan fingerprint density at radius 3 is 2.80 bits per heavy atom. The molecule has 1 aromatic heterocycles. The monoisotopic (exact) mass is 334 g/mol. The Morgan fingerprint density at radius 1 is 1.35 bits per heavy atom. The van der Waals surface area contributed by atoms with E-state index in [9.17, 15) is 4.79 Å². The van der Waals surface area contributed by atoms with Crippen LogP contribution in [0.25, 0.3) is 0 Å². The van der Waals surface area contributed by atoms with Crippen LogP contribution in [0.1, 0.15) is 30.0 Å². The molecule has 1 aliphatic carbocycles. The highest BCUT2D eigenvalue weighted by Crippen LogP contribution is 2.42. The maximum Gasteiger partial charge on any atom is 0.323 e. The number of halogens is 1. The number of aromatic nitrogens is 2. The molecule has 1 aliphatic rings. The van der Waals surface area contributed by atoms with Crippen LogP contribution in [0.5, 0.6) is 0 Å². The topological polar surface area (TPSA) is 69.8 Å². The summed E-state index contributed by atoms with van der Waals surface area (Å²) >= 11 is 3.44. The van der Waals surface area contributed by atoms with Crippen molar-refractivity contribution in [3.63, 3.8) is 0 Å². The van der Waals surface area contributed by atoms with E-state index in [0.717, 1.165) is 39.9 Å². The molecule has 5 nitrogen and oxygen atoms in total. The van der Waals surface area contributed by atoms with Crippen LogP contribution in [-0.4, -0.2) is 16.2 Å². The normalized spacial score (nSPS) is 14.1. The third-order valence-corrected chi connectivity index (χ3v) is 3.93. The number of urea groups is 1. The van der Waals surface area contributed by atoms with Crippen molar-refractivity contribution < 1.29 is 4.79 Å². The zero-order valence-electron chi connectivity index (χ0n) is 11.0. The molecule has 0 saturated heterocycles. The fourth-order valence-corrected chi connectivity index (χ4v) is 2.67. The average Bonchev–Trinajstić information content (AvgIpc) is 3.14. The van der Waals surface area contributed by atoms with Gasteiger partial charge in [-0.05, 0) is 53.4 Å². The molecule has 1 saturated carbocycles. The SMILES string of the molecule is Cc1ccc(NC(=O)Nc2cn[nH]c2C2CC2)c(Br)c1. The van der Waals surface area contributed by atoms with E-state index in [1.54, 1.807) is 6.20 Å². The Bertz CT molecular complexity index is 648. The van der Waals surface area contributed by atoms with Gasteiger partial charge in [-0.25, -0.2) is 4.79 Å². The Labute approximate surface area is 125 Å². The number of anilines is 2. The average molecular weight is 335 g/mol. The summed E-state index contributed by atoms with van der Waals surface area (Å²) in [6.45, 7) is 2.00. The molecule has 20 heavy (non-hydrogen) atoms. The molecule has 6 heteroatoms. The molecule has 0 aliphatic heterocycles. The first-order chi connectivity index (χ1) is 9.63. The number of nitrogens with zero attached hydrogens (tertiary/aromatic N) is 1. The van der Waals surface area contributed by atoms with Crippen LogP contribution in [0.3, 0.4) is 0 Å². The smallest absolute Gasteiger partial charge is 0.307 e. The number of aryl methyl sites for hydroxylation is 1. The second kappa shape index (κ2) is 5.28. The number of nitrogens with one attached hydrogen (secondary N) is 3. The largest absolute Gasteiger partial charge is 0.323 e. The fraction of sp³-hybridized carbons (Fsp3) is 0.286. The fourth-order valence-electron chi connectivity index (χ4n) is 2.08. The third kappa shape index (κ3) is 2.85. The highest BCUT2D eigenvalue weighted by molar-refractivity contribution is 9.10. The third-order valence-electron chi connectivity index (χ3n) is 3.28. The number of H-pyrrole nitrogens is 1. The summed E-state index contributed by atoms with van der Waals surface area (Å²) in [4.78, 5) is 12.0. The van der Waals surface area contributed by atoms with E-state index in [4.69, 9.17) is 0 Å². The summed E-state index contributed by atoms with van der Waals surface area (Å²) in [6, 6.07) is 5.52. The Morgan fingerprint density at radius 2 is 2.10 bits per heavy atom. The molecule has 0 spiro atoms. The highest BCUT2D eigenvalue weighted by Gasteiger charge is 2.28. The maximum atomic E-state index is 12.0. The van der Waals surface area contributed by atoms with E-state index >= 15 is 0 Å². The van der Waals surface area contributed by atoms with Gasteiger partial charge in [0, 0.05) is 10.4 Å². The molecule has 1 heterocycles. The molecular formula is C14H15BrN4O. The van der Waals surface area contributed by atoms with E-state index < -0.39 is 0 Å². The van der Waals surface area contributed by atoms with Gasteiger partial charge in [-0.1, -0.05) is 6.07 Å². The molecule has 3 N–H and O–H groups in total. The molecule has 0 atom stereocenters. The molecular weight excluding hydrogens is 320 g/mol. The number of carbonyl (C=O) groups is 1. The standard InChI is InChI=1S/C14H15BrN4O/c1-8-2-5-11(10(15)6-8)17-14(20)18-12-7-16-19-13(12)9-3-4-9/h2,5-7,9H,3-4H2,1H3,(H,16,19)(H2,17,18,20). The first kappa shape index (κ1) is 13.2. The number of rotatable bonds is 3. The number of benzene rings is 1. The van der Waals surface area contributed by atoms with Crippen molar-refractivity contribution in [3.05, 3.63) is 40.1 Å². The number of carbonyl (C=O) groups excluding carboxylic acids is 1. The van der Waals surface area contributed by atoms with Crippen LogP contribution in [0.15, 0.2) is 28.9 Å². The van der Waals surface area contributed by atoms with Gasteiger partial charge in [0.1, 0.15) is 0 Å². The zero-order chi connectivity index (χ0) is 14.1. The van der Waals surface area contributed by atoms with Crippen molar-refractivity contribution in [2.45, 2.75) is 25.7 Å². The van der Waals surface area contributed by atoms with Gasteiger partial charge in [-0.3, -0.25) is 5.10 Å². The molecule has 0 bridgehead atoms. The van der Waals surface area contributed by atoms with Crippen LogP contribution in [0.2, 0.25) is 0 Å². The van der Waals surface area contributed by atoms with Gasteiger partial charge < -0.3 is 10.6 Å². The molecule has 2 aromatic rings. The van der Waals surface area contributed by atoms with Gasteiger partial charge >= 0.3 is 6.03 Å². The quantitative estimate of drug-likeness (QED) is 0.793. The van der Waals surface area contributed by atoms with Crippen LogP contribution in [0.4, 0.5) is 16.2 Å². The lowest BCUT2D eigenvalue weighted by Gasteiger charge is -2.09. The summed E-state index contributed by atoms with van der Waals surface area (Å²) in [5, 5.41) is 12.6. The molecule has 1 aromatic carbocycles. The highest BCUT2D eigenvalue weighted by atomic mass is 79.9. The van der Waals surface area contributed by atoms with Gasteiger partial charge in [-0.15, -0.1) is 0 Å². The van der Waals surface area contributed by atoms with Crippen molar-refractivity contribution in [3.8, 4) is 0 Å². The summed E-state index contributed by atoms with van der Waals surface area (Å²) < 4.78 is 0.863. The van der Waals surface area contributed by atoms with Crippen LogP contribution in [-0.2, 0) is 0 Å². The van der Waals surface area contributed by atoms with E-state index in [2.05, 4.69) is 36.8 Å². The number of amides is 2. The molecule has 0 radical (unpaired) electrons. The van der Waals surface area contributed by atoms with Gasteiger partial charge in [0.25, 0.3) is 0 Å². The Hall–Kier alpha value is -1.82. The lowest BCUT2D eigenvalue weighted by atomic mass is 10.2. The summed E-state index contributed by atoms with van der Waals surface area (Å²) in [5.41, 5.74) is 3.65. The van der Waals surface area contributed by atoms with Crippen molar-refractivity contribution in [2.24, 2.45) is 0 Å². The minimum Gasteiger partial charge on any atom is -0.307 e. The summed E-state index contributed by atoms with van der Waals surface area (Å²) in [5.74, 6) is 0.513. The van der Waals surface area contributed by atoms with Crippen LogP contribution >= 0.6 is 15.9 Å². The second-order valence-electron chi connectivity index (χ2n) is 5.03. The Kier molecular flexibility index (Phi) is 3.48. The first-order valence-electron chi connectivity index (χ1n) is 6.51. The van der Waals surface area contributed by atoms with Crippen LogP contribution < -0.4 is 10.6 Å². The lowest BCUT2D eigenvalue weighted by Crippen LogP contribution is -2.20. The maximum absolute atomic E-state index is 12.0. The van der Waals surface area contributed by atoms with Crippen molar-refractivity contribution >= 4 is 33.3 Å². The van der Waals surface area contributed by atoms with Gasteiger partial charge in [0.05, 0.1) is 23.3 Å². The molecule has 1 fully saturated rings. The predicted octanol–water partition coefficient (Wildman–Crippen LogP) is 4.00. The summed E-state index contributed by atoms with van der Waals surface area (Å²) in [7, 11) is 0. The first-order valence-corrected chi connectivity index (χ1v) is 7.30.